The third kappa shape index (κ3) is 3.07. The number of hydrogen-bond acceptors (Lipinski definition) is 4. The Bertz CT molecular complexity index is 433. The Kier molecular flexibility index (Phi) is 3.74. The summed E-state index contributed by atoms with van der Waals surface area (Å²) in [6.07, 6.45) is 5.16. The van der Waals surface area contributed by atoms with Crippen molar-refractivity contribution in [2.24, 2.45) is 0 Å². The molecule has 0 spiro atoms. The number of rotatable bonds is 3. The number of piperidine rings is 1. The van der Waals surface area contributed by atoms with Gasteiger partial charge in [-0.3, -0.25) is 4.90 Å². The van der Waals surface area contributed by atoms with Crippen LogP contribution in [0.15, 0.2) is 6.07 Å². The lowest BCUT2D eigenvalue weighted by atomic mass is 9.98. The first-order chi connectivity index (χ1) is 9.10. The monoisotopic (exact) mass is 280 g/mol. The van der Waals surface area contributed by atoms with Crippen LogP contribution in [0.1, 0.15) is 37.2 Å². The fourth-order valence-electron chi connectivity index (χ4n) is 3.40. The zero-order valence-electron chi connectivity index (χ0n) is 11.6. The van der Waals surface area contributed by atoms with Gasteiger partial charge in [-0.1, -0.05) is 11.6 Å². The molecule has 104 valence electrons. The van der Waals surface area contributed by atoms with E-state index in [0.717, 1.165) is 18.1 Å². The molecule has 4 nitrogen and oxygen atoms in total. The highest BCUT2D eigenvalue weighted by Crippen LogP contribution is 2.29. The van der Waals surface area contributed by atoms with Gasteiger partial charge in [0.15, 0.2) is 0 Å². The molecule has 3 heterocycles. The SMILES string of the molecule is Cc1cc(Cl)nc(CN(C)C2CC3CCC(C2)N3)n1. The topological polar surface area (TPSA) is 41.1 Å². The Morgan fingerprint density at radius 3 is 2.63 bits per heavy atom. The van der Waals surface area contributed by atoms with Crippen molar-refractivity contribution in [3.05, 3.63) is 22.7 Å². The molecule has 3 rings (SSSR count). The highest BCUT2D eigenvalue weighted by atomic mass is 35.5. The maximum Gasteiger partial charge on any atom is 0.144 e. The van der Waals surface area contributed by atoms with E-state index in [9.17, 15) is 0 Å². The van der Waals surface area contributed by atoms with Gasteiger partial charge in [-0.25, -0.2) is 9.97 Å². The molecular weight excluding hydrogens is 260 g/mol. The Morgan fingerprint density at radius 1 is 1.32 bits per heavy atom. The fraction of sp³-hybridized carbons (Fsp3) is 0.714. The number of aryl methyl sites for hydroxylation is 1. The summed E-state index contributed by atoms with van der Waals surface area (Å²) in [7, 11) is 2.18. The Labute approximate surface area is 119 Å². The fourth-order valence-corrected chi connectivity index (χ4v) is 3.65. The standard InChI is InChI=1S/C14H21ClN4/c1-9-5-13(15)18-14(16-9)8-19(2)12-6-10-3-4-11(7-12)17-10/h5,10-12,17H,3-4,6-8H2,1-2H3. The number of halogens is 1. The quantitative estimate of drug-likeness (QED) is 0.862. The summed E-state index contributed by atoms with van der Waals surface area (Å²) in [4.78, 5) is 11.2. The van der Waals surface area contributed by atoms with Crippen molar-refractivity contribution < 1.29 is 0 Å². The first kappa shape index (κ1) is 13.3. The van der Waals surface area contributed by atoms with E-state index in [1.807, 2.05) is 6.92 Å². The minimum atomic E-state index is 0.543. The molecule has 2 atom stereocenters. The molecule has 1 aromatic heterocycles. The van der Waals surface area contributed by atoms with Gasteiger partial charge in [0.2, 0.25) is 0 Å². The predicted octanol–water partition coefficient (Wildman–Crippen LogP) is 2.15. The van der Waals surface area contributed by atoms with Crippen molar-refractivity contribution in [3.63, 3.8) is 0 Å². The highest BCUT2D eigenvalue weighted by molar-refractivity contribution is 6.29. The Morgan fingerprint density at radius 2 is 2.00 bits per heavy atom. The number of nitrogens with one attached hydrogen (secondary N) is 1. The summed E-state index contributed by atoms with van der Waals surface area (Å²) in [6, 6.07) is 3.87. The van der Waals surface area contributed by atoms with Gasteiger partial charge < -0.3 is 5.32 Å². The van der Waals surface area contributed by atoms with Crippen molar-refractivity contribution in [3.8, 4) is 0 Å². The second-order valence-electron chi connectivity index (χ2n) is 5.93. The first-order valence-corrected chi connectivity index (χ1v) is 7.44. The van der Waals surface area contributed by atoms with E-state index in [2.05, 4.69) is 27.2 Å². The van der Waals surface area contributed by atoms with Gasteiger partial charge in [0.05, 0.1) is 6.54 Å². The molecule has 0 saturated carbocycles. The van der Waals surface area contributed by atoms with Gasteiger partial charge in [0.25, 0.3) is 0 Å². The lowest BCUT2D eigenvalue weighted by molar-refractivity contribution is 0.162. The second kappa shape index (κ2) is 5.35. The molecule has 5 heteroatoms. The average molecular weight is 281 g/mol. The van der Waals surface area contributed by atoms with E-state index >= 15 is 0 Å². The molecule has 0 amide bonds. The van der Waals surface area contributed by atoms with E-state index in [-0.39, 0.29) is 0 Å². The molecule has 0 aromatic carbocycles. The van der Waals surface area contributed by atoms with Crippen molar-refractivity contribution in [2.45, 2.75) is 57.3 Å². The normalized spacial score (nSPS) is 30.0. The maximum absolute atomic E-state index is 6.00. The molecule has 2 aliphatic rings. The van der Waals surface area contributed by atoms with Gasteiger partial charge in [-0.05, 0) is 45.7 Å². The molecule has 0 aliphatic carbocycles. The van der Waals surface area contributed by atoms with Gasteiger partial charge in [0, 0.05) is 23.8 Å². The van der Waals surface area contributed by atoms with Crippen LogP contribution in [0, 0.1) is 6.92 Å². The Hall–Kier alpha value is -0.710. The van der Waals surface area contributed by atoms with Crippen LogP contribution in [-0.2, 0) is 6.54 Å². The highest BCUT2D eigenvalue weighted by Gasteiger charge is 2.35. The van der Waals surface area contributed by atoms with Crippen LogP contribution >= 0.6 is 11.6 Å². The largest absolute Gasteiger partial charge is 0.311 e. The molecular formula is C14H21ClN4. The summed E-state index contributed by atoms with van der Waals surface area (Å²) >= 11 is 6.00. The Balaban J connectivity index is 1.65. The van der Waals surface area contributed by atoms with Crippen LogP contribution in [0.4, 0.5) is 0 Å². The summed E-state index contributed by atoms with van der Waals surface area (Å²) in [5, 5.41) is 4.22. The van der Waals surface area contributed by atoms with Crippen LogP contribution in [0.3, 0.4) is 0 Å². The van der Waals surface area contributed by atoms with Crippen molar-refractivity contribution >= 4 is 11.6 Å². The molecule has 2 bridgehead atoms. The summed E-state index contributed by atoms with van der Waals surface area (Å²) in [5.74, 6) is 0.832. The van der Waals surface area contributed by atoms with Crippen LogP contribution in [-0.4, -0.2) is 40.0 Å². The molecule has 2 unspecified atom stereocenters. The van der Waals surface area contributed by atoms with E-state index in [1.54, 1.807) is 6.07 Å². The third-order valence-electron chi connectivity index (χ3n) is 4.33. The summed E-state index contributed by atoms with van der Waals surface area (Å²) in [6.45, 7) is 2.74. The van der Waals surface area contributed by atoms with Gasteiger partial charge in [-0.2, -0.15) is 0 Å². The summed E-state index contributed by atoms with van der Waals surface area (Å²) < 4.78 is 0. The zero-order valence-corrected chi connectivity index (χ0v) is 12.3. The third-order valence-corrected chi connectivity index (χ3v) is 4.53. The van der Waals surface area contributed by atoms with E-state index in [0.29, 0.717) is 23.3 Å². The lowest BCUT2D eigenvalue weighted by Gasteiger charge is -2.35. The molecule has 0 radical (unpaired) electrons. The maximum atomic E-state index is 6.00. The second-order valence-corrected chi connectivity index (χ2v) is 6.31. The van der Waals surface area contributed by atoms with Crippen molar-refractivity contribution in [2.75, 3.05) is 7.05 Å². The van der Waals surface area contributed by atoms with Crippen LogP contribution < -0.4 is 5.32 Å². The van der Waals surface area contributed by atoms with E-state index in [4.69, 9.17) is 11.6 Å². The number of nitrogens with zero attached hydrogens (tertiary/aromatic N) is 3. The van der Waals surface area contributed by atoms with Crippen LogP contribution in [0.2, 0.25) is 5.15 Å². The van der Waals surface area contributed by atoms with E-state index < -0.39 is 0 Å². The van der Waals surface area contributed by atoms with Crippen LogP contribution in [0.25, 0.3) is 0 Å². The van der Waals surface area contributed by atoms with Gasteiger partial charge in [-0.15, -0.1) is 0 Å². The molecule has 1 aromatic rings. The van der Waals surface area contributed by atoms with E-state index in [1.165, 1.54) is 25.7 Å². The zero-order chi connectivity index (χ0) is 13.4. The van der Waals surface area contributed by atoms with Crippen LogP contribution in [0.5, 0.6) is 0 Å². The number of hydrogen-bond donors (Lipinski definition) is 1. The smallest absolute Gasteiger partial charge is 0.144 e. The van der Waals surface area contributed by atoms with Gasteiger partial charge >= 0.3 is 0 Å². The average Bonchev–Trinajstić information content (AvgIpc) is 2.66. The molecule has 19 heavy (non-hydrogen) atoms. The number of aromatic nitrogens is 2. The van der Waals surface area contributed by atoms with Crippen molar-refractivity contribution in [1.29, 1.82) is 0 Å². The predicted molar refractivity (Wildman–Crippen MR) is 76.2 cm³/mol. The van der Waals surface area contributed by atoms with Crippen molar-refractivity contribution in [1.82, 2.24) is 20.2 Å². The molecule has 1 N–H and O–H groups in total. The number of fused-ring (bicyclic) bond motifs is 2. The minimum Gasteiger partial charge on any atom is -0.311 e. The molecule has 2 aliphatic heterocycles. The molecule has 2 fully saturated rings. The molecule has 2 saturated heterocycles. The van der Waals surface area contributed by atoms with Gasteiger partial charge in [0.1, 0.15) is 11.0 Å². The first-order valence-electron chi connectivity index (χ1n) is 7.06. The minimum absolute atomic E-state index is 0.543. The summed E-state index contributed by atoms with van der Waals surface area (Å²) in [5.41, 5.74) is 0.939. The lowest BCUT2D eigenvalue weighted by Crippen LogP contribution is -2.46.